The first kappa shape index (κ1) is 15.2. The molecule has 20 heavy (non-hydrogen) atoms. The highest BCUT2D eigenvalue weighted by molar-refractivity contribution is 9.10. The van der Waals surface area contributed by atoms with Gasteiger partial charge in [0.05, 0.1) is 10.5 Å². The molecule has 0 aliphatic carbocycles. The highest BCUT2D eigenvalue weighted by atomic mass is 79.9. The average molecular weight is 336 g/mol. The van der Waals surface area contributed by atoms with E-state index in [-0.39, 0.29) is 11.9 Å². The van der Waals surface area contributed by atoms with Crippen molar-refractivity contribution >= 4 is 15.9 Å². The number of aryl methyl sites for hydroxylation is 1. The van der Waals surface area contributed by atoms with Gasteiger partial charge in [-0.25, -0.2) is 4.39 Å². The summed E-state index contributed by atoms with van der Waals surface area (Å²) in [4.78, 5) is 0. The lowest BCUT2D eigenvalue weighted by atomic mass is 9.97. The predicted octanol–water partition coefficient (Wildman–Crippen LogP) is 4.99. The average Bonchev–Trinajstić information content (AvgIpc) is 2.43. The van der Waals surface area contributed by atoms with Crippen molar-refractivity contribution in [2.24, 2.45) is 0 Å². The molecule has 2 rings (SSSR count). The third-order valence-electron chi connectivity index (χ3n) is 3.25. The van der Waals surface area contributed by atoms with Crippen LogP contribution >= 0.6 is 15.9 Å². The maximum atomic E-state index is 13.8. The van der Waals surface area contributed by atoms with Crippen molar-refractivity contribution in [3.63, 3.8) is 0 Å². The lowest BCUT2D eigenvalue weighted by molar-refractivity contribution is 0.583. The lowest BCUT2D eigenvalue weighted by Crippen LogP contribution is -2.23. The zero-order chi connectivity index (χ0) is 14.5. The van der Waals surface area contributed by atoms with E-state index in [2.05, 4.69) is 53.3 Å². The van der Waals surface area contributed by atoms with Gasteiger partial charge in [-0.15, -0.1) is 0 Å². The second-order valence-corrected chi connectivity index (χ2v) is 5.83. The Morgan fingerprint density at radius 3 is 2.55 bits per heavy atom. The Hall–Kier alpha value is -1.19. The molecule has 0 amide bonds. The fourth-order valence-corrected chi connectivity index (χ4v) is 2.51. The monoisotopic (exact) mass is 335 g/mol. The van der Waals surface area contributed by atoms with Crippen LogP contribution in [0, 0.1) is 12.7 Å². The zero-order valence-corrected chi connectivity index (χ0v) is 13.4. The molecule has 0 aromatic heterocycles. The number of hydrogen-bond donors (Lipinski definition) is 1. The first-order chi connectivity index (χ1) is 9.61. The molecule has 0 aliphatic heterocycles. The lowest BCUT2D eigenvalue weighted by Gasteiger charge is -2.20. The van der Waals surface area contributed by atoms with E-state index in [0.29, 0.717) is 4.47 Å². The van der Waals surface area contributed by atoms with Crippen molar-refractivity contribution in [1.82, 2.24) is 5.32 Å². The topological polar surface area (TPSA) is 12.0 Å². The Balaban J connectivity index is 2.38. The van der Waals surface area contributed by atoms with Crippen molar-refractivity contribution in [2.75, 3.05) is 6.54 Å². The molecule has 106 valence electrons. The van der Waals surface area contributed by atoms with E-state index in [9.17, 15) is 4.39 Å². The van der Waals surface area contributed by atoms with Gasteiger partial charge in [0.2, 0.25) is 0 Å². The van der Waals surface area contributed by atoms with E-state index in [1.54, 1.807) is 12.1 Å². The molecule has 1 unspecified atom stereocenters. The van der Waals surface area contributed by atoms with E-state index >= 15 is 0 Å². The van der Waals surface area contributed by atoms with Gasteiger partial charge in [-0.2, -0.15) is 0 Å². The van der Waals surface area contributed by atoms with Gasteiger partial charge in [-0.3, -0.25) is 0 Å². The molecular weight excluding hydrogens is 317 g/mol. The summed E-state index contributed by atoms with van der Waals surface area (Å²) in [6.07, 6.45) is 1.04. The van der Waals surface area contributed by atoms with Crippen LogP contribution in [-0.4, -0.2) is 6.54 Å². The first-order valence-electron chi connectivity index (χ1n) is 6.86. The molecule has 2 aromatic rings. The van der Waals surface area contributed by atoms with Gasteiger partial charge in [0.25, 0.3) is 0 Å². The maximum Gasteiger partial charge on any atom is 0.137 e. The molecule has 0 fully saturated rings. The van der Waals surface area contributed by atoms with E-state index < -0.39 is 0 Å². The van der Waals surface area contributed by atoms with Crippen LogP contribution in [0.1, 0.15) is 36.1 Å². The van der Waals surface area contributed by atoms with Crippen LogP contribution < -0.4 is 5.32 Å². The number of rotatable bonds is 5. The normalized spacial score (nSPS) is 12.4. The van der Waals surface area contributed by atoms with E-state index in [1.807, 2.05) is 12.1 Å². The van der Waals surface area contributed by atoms with Crippen molar-refractivity contribution < 1.29 is 4.39 Å². The van der Waals surface area contributed by atoms with Crippen molar-refractivity contribution in [3.8, 4) is 0 Å². The second-order valence-electron chi connectivity index (χ2n) is 4.97. The molecule has 0 saturated heterocycles. The molecule has 0 radical (unpaired) electrons. The summed E-state index contributed by atoms with van der Waals surface area (Å²) in [5.74, 6) is -0.224. The summed E-state index contributed by atoms with van der Waals surface area (Å²) in [5.41, 5.74) is 3.33. The van der Waals surface area contributed by atoms with Crippen LogP contribution in [0.5, 0.6) is 0 Å². The Bertz CT molecular complexity index is 583. The van der Waals surface area contributed by atoms with Crippen LogP contribution in [0.25, 0.3) is 0 Å². The van der Waals surface area contributed by atoms with Gasteiger partial charge < -0.3 is 5.32 Å². The van der Waals surface area contributed by atoms with Crippen LogP contribution in [0.4, 0.5) is 4.39 Å². The number of halogens is 2. The fourth-order valence-electron chi connectivity index (χ4n) is 2.26. The summed E-state index contributed by atoms with van der Waals surface area (Å²) in [6.45, 7) is 5.10. The van der Waals surface area contributed by atoms with Gasteiger partial charge in [-0.05, 0) is 59.1 Å². The Morgan fingerprint density at radius 2 is 1.90 bits per heavy atom. The summed E-state index contributed by atoms with van der Waals surface area (Å²) in [5, 5.41) is 3.49. The molecule has 0 spiro atoms. The number of nitrogens with one attached hydrogen (secondary N) is 1. The highest BCUT2D eigenvalue weighted by Gasteiger charge is 2.14. The number of benzene rings is 2. The van der Waals surface area contributed by atoms with E-state index in [4.69, 9.17) is 0 Å². The molecule has 0 bridgehead atoms. The minimum absolute atomic E-state index is 0.0254. The quantitative estimate of drug-likeness (QED) is 0.811. The van der Waals surface area contributed by atoms with Crippen LogP contribution in [-0.2, 0) is 0 Å². The molecular formula is C17H19BrFN. The summed E-state index contributed by atoms with van der Waals surface area (Å²) in [7, 11) is 0. The third kappa shape index (κ3) is 3.68. The van der Waals surface area contributed by atoms with Crippen molar-refractivity contribution in [1.29, 1.82) is 0 Å². The minimum Gasteiger partial charge on any atom is -0.306 e. The van der Waals surface area contributed by atoms with Gasteiger partial charge in [0, 0.05) is 0 Å². The molecule has 1 N–H and O–H groups in total. The Kier molecular flexibility index (Phi) is 5.32. The van der Waals surface area contributed by atoms with Gasteiger partial charge in [0.1, 0.15) is 5.82 Å². The Morgan fingerprint density at radius 1 is 1.15 bits per heavy atom. The number of hydrogen-bond acceptors (Lipinski definition) is 1. The SMILES string of the molecule is CCCNC(c1cccc(C)c1)c1ccc(Br)c(F)c1. The molecule has 0 aliphatic rings. The predicted molar refractivity (Wildman–Crippen MR) is 85.4 cm³/mol. The van der Waals surface area contributed by atoms with Gasteiger partial charge in [0.15, 0.2) is 0 Å². The molecule has 0 heterocycles. The van der Waals surface area contributed by atoms with Crippen molar-refractivity contribution in [3.05, 3.63) is 69.4 Å². The molecule has 1 atom stereocenters. The van der Waals surface area contributed by atoms with Crippen LogP contribution in [0.15, 0.2) is 46.9 Å². The minimum atomic E-state index is -0.224. The molecule has 1 nitrogen and oxygen atoms in total. The fraction of sp³-hybridized carbons (Fsp3) is 0.294. The summed E-state index contributed by atoms with van der Waals surface area (Å²) in [6, 6.07) is 13.7. The Labute approximate surface area is 128 Å². The zero-order valence-electron chi connectivity index (χ0n) is 11.8. The van der Waals surface area contributed by atoms with Crippen LogP contribution in [0.2, 0.25) is 0 Å². The standard InChI is InChI=1S/C17H19BrFN/c1-3-9-20-17(13-6-4-5-12(2)10-13)14-7-8-15(18)16(19)11-14/h4-8,10-11,17,20H,3,9H2,1-2H3. The summed E-state index contributed by atoms with van der Waals surface area (Å²) >= 11 is 3.20. The largest absolute Gasteiger partial charge is 0.306 e. The summed E-state index contributed by atoms with van der Waals surface area (Å²) < 4.78 is 14.3. The first-order valence-corrected chi connectivity index (χ1v) is 7.66. The van der Waals surface area contributed by atoms with Crippen LogP contribution in [0.3, 0.4) is 0 Å². The van der Waals surface area contributed by atoms with Gasteiger partial charge in [-0.1, -0.05) is 42.8 Å². The third-order valence-corrected chi connectivity index (χ3v) is 3.89. The smallest absolute Gasteiger partial charge is 0.137 e. The molecule has 0 saturated carbocycles. The molecule has 2 aromatic carbocycles. The van der Waals surface area contributed by atoms with E-state index in [1.165, 1.54) is 11.1 Å². The van der Waals surface area contributed by atoms with E-state index in [0.717, 1.165) is 18.5 Å². The maximum absolute atomic E-state index is 13.8. The van der Waals surface area contributed by atoms with Crippen molar-refractivity contribution in [2.45, 2.75) is 26.3 Å². The highest BCUT2D eigenvalue weighted by Crippen LogP contribution is 2.26. The second kappa shape index (κ2) is 7.00. The molecule has 3 heteroatoms. The van der Waals surface area contributed by atoms with Gasteiger partial charge >= 0.3 is 0 Å².